The molecule has 0 N–H and O–H groups in total. The van der Waals surface area contributed by atoms with E-state index in [9.17, 15) is 9.36 Å². The summed E-state index contributed by atoms with van der Waals surface area (Å²) in [6.07, 6.45) is -2.70. The molecule has 1 aromatic carbocycles. The second kappa shape index (κ2) is 9.75. The van der Waals surface area contributed by atoms with Crippen molar-refractivity contribution in [3.05, 3.63) is 35.9 Å². The van der Waals surface area contributed by atoms with Gasteiger partial charge >= 0.3 is 19.4 Å². The molecule has 2 atom stereocenters. The molecule has 7 nitrogen and oxygen atoms in total. The maximum absolute atomic E-state index is 15.5. The minimum absolute atomic E-state index is 0.211. The van der Waals surface area contributed by atoms with Crippen molar-refractivity contribution in [3.63, 3.8) is 0 Å². The maximum atomic E-state index is 15.5. The fourth-order valence-corrected chi connectivity index (χ4v) is 5.25. The molecule has 2 rings (SSSR count). The molecule has 0 radical (unpaired) electrons. The number of benzene rings is 1. The number of carbonyl (C=O) groups is 1. The van der Waals surface area contributed by atoms with Crippen LogP contribution in [-0.4, -0.2) is 47.2 Å². The predicted octanol–water partition coefficient (Wildman–Crippen LogP) is 6.35. The van der Waals surface area contributed by atoms with E-state index < -0.39 is 49.2 Å². The molecule has 0 aliphatic carbocycles. The lowest BCUT2D eigenvalue weighted by Crippen LogP contribution is -2.51. The number of carbonyl (C=O) groups excluding carboxylic acids is 1. The molecule has 0 spiro atoms. The Morgan fingerprint density at radius 2 is 1.66 bits per heavy atom. The van der Waals surface area contributed by atoms with Crippen LogP contribution in [0.15, 0.2) is 30.3 Å². The van der Waals surface area contributed by atoms with E-state index in [1.165, 1.54) is 13.8 Å². The van der Waals surface area contributed by atoms with Crippen LogP contribution in [0.25, 0.3) is 0 Å². The Balaban J connectivity index is 2.53. The quantitative estimate of drug-likeness (QED) is 0.406. The standard InChI is InChI=1S/C22H34F2NO6P/c1-8-28-32(27,29-9-2)22(23,24)15-17-18(16-13-11-10-12-14-16)30-21(6,7)25(17)19(26)31-20(3,4)5/h10-14,17-18H,8-9,15H2,1-7H3/t17-,18-/m0/s1. The van der Waals surface area contributed by atoms with Crippen LogP contribution >= 0.6 is 7.60 Å². The molecular formula is C22H34F2NO6P. The number of hydrogen-bond donors (Lipinski definition) is 0. The van der Waals surface area contributed by atoms with Crippen molar-refractivity contribution in [2.24, 2.45) is 0 Å². The number of ether oxygens (including phenoxy) is 2. The highest BCUT2D eigenvalue weighted by Gasteiger charge is 2.60. The lowest BCUT2D eigenvalue weighted by molar-refractivity contribution is -0.0803. The van der Waals surface area contributed by atoms with Crippen LogP contribution in [-0.2, 0) is 23.1 Å². The molecule has 0 bridgehead atoms. The van der Waals surface area contributed by atoms with Gasteiger partial charge in [-0.3, -0.25) is 9.46 Å². The van der Waals surface area contributed by atoms with Gasteiger partial charge in [0.05, 0.1) is 19.3 Å². The van der Waals surface area contributed by atoms with Crippen LogP contribution in [0.4, 0.5) is 13.6 Å². The second-order valence-corrected chi connectivity index (χ2v) is 11.2. The van der Waals surface area contributed by atoms with Crippen molar-refractivity contribution < 1.29 is 36.7 Å². The van der Waals surface area contributed by atoms with Gasteiger partial charge in [0.15, 0.2) is 0 Å². The van der Waals surface area contributed by atoms with E-state index in [4.69, 9.17) is 18.5 Å². The van der Waals surface area contributed by atoms with Crippen LogP contribution in [0.2, 0.25) is 0 Å². The first-order valence-corrected chi connectivity index (χ1v) is 12.2. The summed E-state index contributed by atoms with van der Waals surface area (Å²) >= 11 is 0. The SMILES string of the molecule is CCOP(=O)(OCC)C(F)(F)C[C@H]1[C@H](c2ccccc2)OC(C)(C)N1C(=O)OC(C)(C)C. The molecule has 1 heterocycles. The van der Waals surface area contributed by atoms with Gasteiger partial charge in [-0.2, -0.15) is 8.78 Å². The number of hydrogen-bond acceptors (Lipinski definition) is 6. The van der Waals surface area contributed by atoms with Gasteiger partial charge in [-0.15, -0.1) is 0 Å². The van der Waals surface area contributed by atoms with Crippen molar-refractivity contribution in [1.29, 1.82) is 0 Å². The average Bonchev–Trinajstić information content (AvgIpc) is 2.91. The predicted molar refractivity (Wildman–Crippen MR) is 117 cm³/mol. The summed E-state index contributed by atoms with van der Waals surface area (Å²) < 4.78 is 65.3. The summed E-state index contributed by atoms with van der Waals surface area (Å²) in [5.74, 6) is 0. The van der Waals surface area contributed by atoms with E-state index in [2.05, 4.69) is 0 Å². The van der Waals surface area contributed by atoms with Gasteiger partial charge in [0, 0.05) is 6.42 Å². The van der Waals surface area contributed by atoms with Crippen LogP contribution in [0.3, 0.4) is 0 Å². The second-order valence-electron chi connectivity index (χ2n) is 9.02. The highest BCUT2D eigenvalue weighted by Crippen LogP contribution is 2.65. The van der Waals surface area contributed by atoms with Crippen molar-refractivity contribution >= 4 is 13.7 Å². The fourth-order valence-electron chi connectivity index (χ4n) is 3.71. The van der Waals surface area contributed by atoms with E-state index in [-0.39, 0.29) is 13.2 Å². The summed E-state index contributed by atoms with van der Waals surface area (Å²) in [6.45, 7) is 10.8. The summed E-state index contributed by atoms with van der Waals surface area (Å²) in [5.41, 5.74) is -5.38. The summed E-state index contributed by atoms with van der Waals surface area (Å²) in [4.78, 5) is 14.3. The van der Waals surface area contributed by atoms with Crippen molar-refractivity contribution in [2.75, 3.05) is 13.2 Å². The maximum Gasteiger partial charge on any atom is 0.412 e. The van der Waals surface area contributed by atoms with Gasteiger partial charge in [0.25, 0.3) is 0 Å². The average molecular weight is 477 g/mol. The summed E-state index contributed by atoms with van der Waals surface area (Å²) in [7, 11) is -4.80. The summed E-state index contributed by atoms with van der Waals surface area (Å²) in [6, 6.07) is 7.57. The number of halogens is 2. The smallest absolute Gasteiger partial charge is 0.412 e. The Bertz CT molecular complexity index is 817. The van der Waals surface area contributed by atoms with E-state index in [1.807, 2.05) is 0 Å². The van der Waals surface area contributed by atoms with E-state index in [0.717, 1.165) is 4.90 Å². The molecule has 10 heteroatoms. The van der Waals surface area contributed by atoms with Crippen molar-refractivity contribution in [1.82, 2.24) is 4.90 Å². The normalized spacial score (nSPS) is 21.6. The molecule has 1 fully saturated rings. The third kappa shape index (κ3) is 5.87. The van der Waals surface area contributed by atoms with Crippen LogP contribution in [0, 0.1) is 0 Å². The number of nitrogens with zero attached hydrogens (tertiary/aromatic N) is 1. The largest absolute Gasteiger partial charge is 0.444 e. The third-order valence-electron chi connectivity index (χ3n) is 4.85. The molecule has 182 valence electrons. The van der Waals surface area contributed by atoms with Crippen molar-refractivity contribution in [2.45, 2.75) is 84.0 Å². The van der Waals surface area contributed by atoms with Crippen LogP contribution < -0.4 is 0 Å². The van der Waals surface area contributed by atoms with Gasteiger partial charge in [0.1, 0.15) is 17.4 Å². The van der Waals surface area contributed by atoms with E-state index >= 15 is 8.78 Å². The fraction of sp³-hybridized carbons (Fsp3) is 0.682. The minimum Gasteiger partial charge on any atom is -0.444 e. The molecule has 32 heavy (non-hydrogen) atoms. The Hall–Kier alpha value is -1.54. The van der Waals surface area contributed by atoms with Crippen LogP contribution in [0.5, 0.6) is 0 Å². The first-order valence-electron chi connectivity index (χ1n) is 10.7. The Morgan fingerprint density at radius 1 is 1.12 bits per heavy atom. The highest BCUT2D eigenvalue weighted by molar-refractivity contribution is 7.55. The van der Waals surface area contributed by atoms with E-state index in [0.29, 0.717) is 5.56 Å². The molecule has 1 saturated heterocycles. The molecule has 0 unspecified atom stereocenters. The Labute approximate surface area is 188 Å². The number of alkyl halides is 2. The molecule has 1 aliphatic heterocycles. The zero-order valence-electron chi connectivity index (χ0n) is 19.8. The minimum atomic E-state index is -4.80. The van der Waals surface area contributed by atoms with E-state index in [1.54, 1.807) is 65.0 Å². The lowest BCUT2D eigenvalue weighted by Gasteiger charge is -2.37. The lowest BCUT2D eigenvalue weighted by atomic mass is 9.99. The molecule has 1 aliphatic rings. The Kier molecular flexibility index (Phi) is 8.14. The first kappa shape index (κ1) is 26.7. The van der Waals surface area contributed by atoms with Gasteiger partial charge in [-0.1, -0.05) is 30.3 Å². The van der Waals surface area contributed by atoms with Crippen LogP contribution in [0.1, 0.15) is 66.6 Å². The zero-order chi connectivity index (χ0) is 24.4. The summed E-state index contributed by atoms with van der Waals surface area (Å²) in [5, 5.41) is 0. The molecule has 1 aromatic rings. The third-order valence-corrected chi connectivity index (χ3v) is 7.03. The monoisotopic (exact) mass is 477 g/mol. The van der Waals surface area contributed by atoms with Gasteiger partial charge in [-0.25, -0.2) is 4.79 Å². The molecule has 1 amide bonds. The number of amides is 1. The highest BCUT2D eigenvalue weighted by atomic mass is 31.2. The molecule has 0 saturated carbocycles. The Morgan fingerprint density at radius 3 is 2.12 bits per heavy atom. The van der Waals surface area contributed by atoms with Gasteiger partial charge in [0.2, 0.25) is 0 Å². The van der Waals surface area contributed by atoms with Gasteiger partial charge in [-0.05, 0) is 54.0 Å². The molecular weight excluding hydrogens is 443 g/mol. The number of rotatable bonds is 8. The van der Waals surface area contributed by atoms with Crippen molar-refractivity contribution in [3.8, 4) is 0 Å². The zero-order valence-corrected chi connectivity index (χ0v) is 20.7. The topological polar surface area (TPSA) is 74.3 Å². The first-order chi connectivity index (χ1) is 14.7. The van der Waals surface area contributed by atoms with Gasteiger partial charge < -0.3 is 18.5 Å². The molecule has 0 aromatic heterocycles.